The average Bonchev–Trinajstić information content (AvgIpc) is 2.58. The molecule has 2 aliphatic rings. The van der Waals surface area contributed by atoms with Gasteiger partial charge in [-0.25, -0.2) is 0 Å². The maximum absolute atomic E-state index is 11.4. The summed E-state index contributed by atoms with van der Waals surface area (Å²) < 4.78 is 0. The molecule has 0 aromatic rings. The fourth-order valence-corrected chi connectivity index (χ4v) is 1.77. The van der Waals surface area contributed by atoms with Crippen molar-refractivity contribution >= 4 is 5.91 Å². The van der Waals surface area contributed by atoms with Crippen molar-refractivity contribution in [1.29, 1.82) is 0 Å². The molecule has 1 aliphatic heterocycles. The molecule has 1 amide bonds. The van der Waals surface area contributed by atoms with E-state index in [2.05, 4.69) is 17.6 Å². The first-order chi connectivity index (χ1) is 5.77. The van der Waals surface area contributed by atoms with Crippen LogP contribution in [0, 0.1) is 11.8 Å². The molecule has 0 spiro atoms. The summed E-state index contributed by atoms with van der Waals surface area (Å²) in [4.78, 5) is 11.4. The summed E-state index contributed by atoms with van der Waals surface area (Å²) >= 11 is 0. The van der Waals surface area contributed by atoms with Crippen LogP contribution in [0.3, 0.4) is 0 Å². The van der Waals surface area contributed by atoms with Crippen LogP contribution in [0.15, 0.2) is 0 Å². The van der Waals surface area contributed by atoms with Gasteiger partial charge < -0.3 is 10.6 Å². The molecule has 0 bridgehead atoms. The van der Waals surface area contributed by atoms with Crippen LogP contribution in [0.2, 0.25) is 0 Å². The lowest BCUT2D eigenvalue weighted by atomic mass is 10.2. The average molecular weight is 168 g/mol. The number of nitrogens with one attached hydrogen (secondary N) is 2. The Bertz CT molecular complexity index is 187. The van der Waals surface area contributed by atoms with Crippen molar-refractivity contribution in [2.75, 3.05) is 13.1 Å². The van der Waals surface area contributed by atoms with Crippen molar-refractivity contribution in [2.24, 2.45) is 11.8 Å². The minimum Gasteiger partial charge on any atom is -0.352 e. The van der Waals surface area contributed by atoms with E-state index < -0.39 is 0 Å². The van der Waals surface area contributed by atoms with Crippen LogP contribution in [-0.4, -0.2) is 25.0 Å². The zero-order valence-corrected chi connectivity index (χ0v) is 7.47. The van der Waals surface area contributed by atoms with Crippen molar-refractivity contribution in [3.8, 4) is 0 Å². The molecule has 1 heterocycles. The van der Waals surface area contributed by atoms with Gasteiger partial charge in [-0.3, -0.25) is 4.79 Å². The van der Waals surface area contributed by atoms with Gasteiger partial charge in [-0.1, -0.05) is 6.92 Å². The standard InChI is InChI=1S/C9H16N2O/c1-6-4-8(6)9(12)11-7-2-3-10-5-7/h6-8,10H,2-5H2,1H3,(H,11,12)/t6?,7-,8?/m0/s1. The molecule has 12 heavy (non-hydrogen) atoms. The lowest BCUT2D eigenvalue weighted by molar-refractivity contribution is -0.123. The van der Waals surface area contributed by atoms with Crippen LogP contribution in [0.25, 0.3) is 0 Å². The highest BCUT2D eigenvalue weighted by atomic mass is 16.2. The monoisotopic (exact) mass is 168 g/mol. The molecule has 2 N–H and O–H groups in total. The Morgan fingerprint density at radius 2 is 2.33 bits per heavy atom. The Labute approximate surface area is 72.9 Å². The molecule has 1 saturated carbocycles. The Morgan fingerprint density at radius 3 is 2.83 bits per heavy atom. The summed E-state index contributed by atoms with van der Waals surface area (Å²) in [5.41, 5.74) is 0. The highest BCUT2D eigenvalue weighted by Gasteiger charge is 2.39. The summed E-state index contributed by atoms with van der Waals surface area (Å²) in [6.07, 6.45) is 2.18. The fourth-order valence-electron chi connectivity index (χ4n) is 1.77. The molecule has 0 aromatic carbocycles. The van der Waals surface area contributed by atoms with E-state index >= 15 is 0 Å². The van der Waals surface area contributed by atoms with Gasteiger partial charge in [0.2, 0.25) is 5.91 Å². The molecular weight excluding hydrogens is 152 g/mol. The lowest BCUT2D eigenvalue weighted by Gasteiger charge is -2.10. The fraction of sp³-hybridized carbons (Fsp3) is 0.889. The summed E-state index contributed by atoms with van der Waals surface area (Å²) in [7, 11) is 0. The van der Waals surface area contributed by atoms with E-state index in [0.717, 1.165) is 25.9 Å². The second kappa shape index (κ2) is 3.05. The van der Waals surface area contributed by atoms with Crippen LogP contribution in [-0.2, 0) is 4.79 Å². The molecule has 0 aromatic heterocycles. The van der Waals surface area contributed by atoms with Crippen LogP contribution in [0.5, 0.6) is 0 Å². The third-order valence-corrected chi connectivity index (χ3v) is 2.85. The van der Waals surface area contributed by atoms with E-state index in [1.54, 1.807) is 0 Å². The van der Waals surface area contributed by atoms with Crippen molar-refractivity contribution in [2.45, 2.75) is 25.8 Å². The van der Waals surface area contributed by atoms with Gasteiger partial charge in [0.15, 0.2) is 0 Å². The van der Waals surface area contributed by atoms with Gasteiger partial charge in [-0.05, 0) is 25.3 Å². The molecule has 2 rings (SSSR count). The maximum Gasteiger partial charge on any atom is 0.223 e. The molecule has 1 aliphatic carbocycles. The lowest BCUT2D eigenvalue weighted by Crippen LogP contribution is -2.37. The van der Waals surface area contributed by atoms with Crippen LogP contribution in [0.4, 0.5) is 0 Å². The topological polar surface area (TPSA) is 41.1 Å². The predicted molar refractivity (Wildman–Crippen MR) is 46.7 cm³/mol. The van der Waals surface area contributed by atoms with Gasteiger partial charge in [0.05, 0.1) is 0 Å². The molecule has 3 atom stereocenters. The molecule has 2 fully saturated rings. The predicted octanol–water partition coefficient (Wildman–Crippen LogP) is 0.120. The van der Waals surface area contributed by atoms with Gasteiger partial charge in [0.25, 0.3) is 0 Å². The molecule has 2 unspecified atom stereocenters. The highest BCUT2D eigenvalue weighted by Crippen LogP contribution is 2.37. The minimum absolute atomic E-state index is 0.274. The van der Waals surface area contributed by atoms with Crippen molar-refractivity contribution in [3.63, 3.8) is 0 Å². The van der Waals surface area contributed by atoms with E-state index in [0.29, 0.717) is 17.9 Å². The molecule has 3 heteroatoms. The number of hydrogen-bond acceptors (Lipinski definition) is 2. The second-order valence-electron chi connectivity index (χ2n) is 4.02. The van der Waals surface area contributed by atoms with Crippen molar-refractivity contribution < 1.29 is 4.79 Å². The largest absolute Gasteiger partial charge is 0.352 e. The smallest absolute Gasteiger partial charge is 0.223 e. The van der Waals surface area contributed by atoms with Crippen molar-refractivity contribution in [3.05, 3.63) is 0 Å². The second-order valence-corrected chi connectivity index (χ2v) is 4.02. The van der Waals surface area contributed by atoms with Gasteiger partial charge in [-0.15, -0.1) is 0 Å². The first-order valence-electron chi connectivity index (χ1n) is 4.78. The van der Waals surface area contributed by atoms with E-state index in [9.17, 15) is 4.79 Å². The van der Waals surface area contributed by atoms with Crippen LogP contribution >= 0.6 is 0 Å². The summed E-state index contributed by atoms with van der Waals surface area (Å²) in [6, 6.07) is 0.394. The first kappa shape index (κ1) is 8.05. The van der Waals surface area contributed by atoms with E-state index in [-0.39, 0.29) is 5.91 Å². The summed E-state index contributed by atoms with van der Waals surface area (Å²) in [5, 5.41) is 6.30. The van der Waals surface area contributed by atoms with E-state index in [4.69, 9.17) is 0 Å². The minimum atomic E-state index is 0.274. The van der Waals surface area contributed by atoms with E-state index in [1.807, 2.05) is 0 Å². The van der Waals surface area contributed by atoms with Gasteiger partial charge in [-0.2, -0.15) is 0 Å². The van der Waals surface area contributed by atoms with Crippen molar-refractivity contribution in [1.82, 2.24) is 10.6 Å². The molecule has 1 saturated heterocycles. The number of hydrogen-bond donors (Lipinski definition) is 2. The Kier molecular flexibility index (Phi) is 2.05. The molecule has 0 radical (unpaired) electrons. The zero-order chi connectivity index (χ0) is 8.55. The third kappa shape index (κ3) is 1.61. The van der Waals surface area contributed by atoms with Gasteiger partial charge in [0, 0.05) is 18.5 Å². The highest BCUT2D eigenvalue weighted by molar-refractivity contribution is 5.81. The Morgan fingerprint density at radius 1 is 1.58 bits per heavy atom. The van der Waals surface area contributed by atoms with Gasteiger partial charge >= 0.3 is 0 Å². The number of carbonyl (C=O) groups excluding carboxylic acids is 1. The maximum atomic E-state index is 11.4. The summed E-state index contributed by atoms with van der Waals surface area (Å²) in [6.45, 7) is 4.13. The quantitative estimate of drug-likeness (QED) is 0.615. The van der Waals surface area contributed by atoms with E-state index in [1.165, 1.54) is 0 Å². The Balaban J connectivity index is 1.75. The summed E-state index contributed by atoms with van der Waals surface area (Å²) in [5.74, 6) is 1.22. The first-order valence-corrected chi connectivity index (χ1v) is 4.78. The SMILES string of the molecule is CC1CC1C(=O)N[C@H]1CCNC1. The molecular formula is C9H16N2O. The normalized spacial score (nSPS) is 39.6. The van der Waals surface area contributed by atoms with Gasteiger partial charge in [0.1, 0.15) is 0 Å². The third-order valence-electron chi connectivity index (χ3n) is 2.85. The Hall–Kier alpha value is -0.570. The number of amides is 1. The molecule has 68 valence electrons. The number of rotatable bonds is 2. The molecule has 3 nitrogen and oxygen atoms in total. The van der Waals surface area contributed by atoms with Crippen LogP contribution in [0.1, 0.15) is 19.8 Å². The van der Waals surface area contributed by atoms with Crippen LogP contribution < -0.4 is 10.6 Å². The zero-order valence-electron chi connectivity index (χ0n) is 7.47. The number of carbonyl (C=O) groups is 1.